The predicted molar refractivity (Wildman–Crippen MR) is 429 cm³/mol. The molecule has 0 atom stereocenters. The molecule has 586 valence electrons. The maximum Gasteiger partial charge on any atom is 0.416 e. The van der Waals surface area contributed by atoms with Gasteiger partial charge in [0.15, 0.2) is 0 Å². The average Bonchev–Trinajstić information content (AvgIpc) is 1.62. The number of carbonyl (C=O) groups is 2. The van der Waals surface area contributed by atoms with E-state index in [4.69, 9.17) is 16.1 Å². The van der Waals surface area contributed by atoms with E-state index in [1.165, 1.54) is 150 Å². The van der Waals surface area contributed by atoms with Gasteiger partial charge in [-0.25, -0.2) is 14.8 Å². The standard InChI is InChI=1S/C27H25F3N4O.C19H22N4.C19H24N2.C12H15FN2O2.C8H5F3O2.CBrN/c28-27(29,30)21-9-7-8-20(17-21)25(35)32-26-31-23-16-19(18-33-14-5-2-6-15-33)12-13-24(23)34(26)22-10-3-1-4-11-22;20-19-21-17-13-15(14-22-11-5-2-6-12-22)9-10-18(17)23(19)16-7-3-1-4-8-16;1-16-14-17(15-21-12-6-3-7-13-21)10-11-19(16)20-18-8-4-2-5-9-18;13-11-5-4-10(8-12(11)15(16)17)9-14-6-2-1-3-7-14;9-8(10,11)6-3-1-2-5(4-6)7(12)13;2-1-3/h1,3-4,7-13,16-17H,2,5-6,14-15,18H2,(H,31,32,35);1,3-4,7-10,13H,2,5-6,11-12,14H2,(H2,20,21);2,4-5,8-11,14,20H,3,6-7,12-13,15H2,1H3;4-5,8H,1-3,6-7,9H2;1-4H,(H,12,13);. The molecule has 0 spiro atoms. The Bertz CT molecular complexity index is 4920. The largest absolute Gasteiger partial charge is 0.478 e. The number of nitrogen functional groups attached to an aromatic ring is 1. The number of aromatic carboxylic acids is 1. The number of para-hydroxylation sites is 3. The molecule has 2 aromatic heterocycles. The van der Waals surface area contributed by atoms with Crippen molar-refractivity contribution >= 4 is 78.8 Å². The van der Waals surface area contributed by atoms with Crippen LogP contribution in [0.1, 0.15) is 137 Å². The van der Waals surface area contributed by atoms with E-state index in [9.17, 15) is 50.4 Å². The van der Waals surface area contributed by atoms with Crippen molar-refractivity contribution in [3.8, 4) is 16.4 Å². The van der Waals surface area contributed by atoms with Crippen molar-refractivity contribution in [2.75, 3.05) is 68.7 Å². The molecule has 9 aromatic carbocycles. The minimum Gasteiger partial charge on any atom is -0.478 e. The Hall–Kier alpha value is -10.8. The third-order valence-corrected chi connectivity index (χ3v) is 19.6. The number of carbonyl (C=O) groups excluding carboxylic acids is 1. The number of hydrogen-bond acceptors (Lipinski definition) is 13. The number of halogens is 8. The Morgan fingerprint density at radius 1 is 0.518 bits per heavy atom. The molecule has 1 amide bonds. The van der Waals surface area contributed by atoms with Crippen LogP contribution in [-0.4, -0.2) is 113 Å². The third-order valence-electron chi connectivity index (χ3n) is 19.6. The van der Waals surface area contributed by atoms with E-state index in [1.54, 1.807) is 11.0 Å². The van der Waals surface area contributed by atoms with E-state index in [0.717, 1.165) is 121 Å². The number of nitro groups is 1. The fraction of sp³-hybridized carbons (Fsp3) is 0.314. The lowest BCUT2D eigenvalue weighted by atomic mass is 10.1. The minimum absolute atomic E-state index is 0.0859. The Balaban J connectivity index is 0.000000153. The normalized spacial score (nSPS) is 14.9. The van der Waals surface area contributed by atoms with Crippen molar-refractivity contribution in [2.45, 2.75) is 123 Å². The van der Waals surface area contributed by atoms with Crippen LogP contribution < -0.4 is 16.4 Å². The van der Waals surface area contributed by atoms with Gasteiger partial charge in [0.2, 0.25) is 17.7 Å². The quantitative estimate of drug-likeness (QED) is 0.0402. The highest BCUT2D eigenvalue weighted by atomic mass is 79.9. The molecule has 15 rings (SSSR count). The van der Waals surface area contributed by atoms with Gasteiger partial charge in [0, 0.05) is 76.5 Å². The first kappa shape index (κ1) is 83.6. The lowest BCUT2D eigenvalue weighted by molar-refractivity contribution is -0.387. The van der Waals surface area contributed by atoms with Crippen LogP contribution >= 0.6 is 15.9 Å². The van der Waals surface area contributed by atoms with E-state index < -0.39 is 51.8 Å². The number of aromatic nitrogens is 4. The van der Waals surface area contributed by atoms with Crippen molar-refractivity contribution in [2.24, 2.45) is 0 Å². The summed E-state index contributed by atoms with van der Waals surface area (Å²) in [6, 6.07) is 61.4. The van der Waals surface area contributed by atoms with E-state index in [0.29, 0.717) is 24.1 Å². The molecule has 5 N–H and O–H groups in total. The maximum atomic E-state index is 13.1. The zero-order chi connectivity index (χ0) is 79.6. The number of amides is 1. The molecular formula is C86H91BrF7N13O5. The molecule has 4 aliphatic heterocycles. The van der Waals surface area contributed by atoms with Crippen molar-refractivity contribution in [3.05, 3.63) is 278 Å². The summed E-state index contributed by atoms with van der Waals surface area (Å²) in [6.07, 6.45) is 6.35. The summed E-state index contributed by atoms with van der Waals surface area (Å²) < 4.78 is 92.5. The Labute approximate surface area is 655 Å². The number of aryl methyl sites for hydroxylation is 1. The number of nitriles is 1. The number of imidazole rings is 2. The Morgan fingerprint density at radius 2 is 0.911 bits per heavy atom. The molecule has 18 nitrogen and oxygen atoms in total. The zero-order valence-corrected chi connectivity index (χ0v) is 63.9. The highest BCUT2D eigenvalue weighted by molar-refractivity contribution is 9.12. The number of anilines is 4. The van der Waals surface area contributed by atoms with Gasteiger partial charge in [-0.3, -0.25) is 49.0 Å². The molecule has 26 heteroatoms. The van der Waals surface area contributed by atoms with Gasteiger partial charge in [0.05, 0.1) is 43.7 Å². The van der Waals surface area contributed by atoms with Crippen LogP contribution in [0.2, 0.25) is 0 Å². The van der Waals surface area contributed by atoms with Gasteiger partial charge in [-0.1, -0.05) is 123 Å². The molecule has 11 aromatic rings. The molecule has 4 saturated heterocycles. The first-order valence-corrected chi connectivity index (χ1v) is 38.3. The van der Waals surface area contributed by atoms with Crippen molar-refractivity contribution in [1.82, 2.24) is 38.7 Å². The number of piperidine rings is 4. The predicted octanol–water partition coefficient (Wildman–Crippen LogP) is 20.6. The van der Waals surface area contributed by atoms with Crippen LogP contribution in [0.3, 0.4) is 0 Å². The number of carboxylic acid groups (broad SMARTS) is 1. The second-order valence-corrected chi connectivity index (χ2v) is 28.3. The number of rotatable bonds is 16. The fourth-order valence-electron chi connectivity index (χ4n) is 14.0. The molecule has 4 aliphatic rings. The topological polar surface area (TPSA) is 220 Å². The molecule has 0 unspecified atom stereocenters. The summed E-state index contributed by atoms with van der Waals surface area (Å²) in [6.45, 7) is 14.9. The van der Waals surface area contributed by atoms with Gasteiger partial charge in [0.25, 0.3) is 5.91 Å². The van der Waals surface area contributed by atoms with Gasteiger partial charge in [-0.2, -0.15) is 36.0 Å². The molecular weight excluding hydrogens is 1510 g/mol. The molecule has 0 radical (unpaired) electrons. The monoisotopic (exact) mass is 1600 g/mol. The van der Waals surface area contributed by atoms with Crippen molar-refractivity contribution in [3.63, 3.8) is 0 Å². The summed E-state index contributed by atoms with van der Waals surface area (Å²) in [5.41, 5.74) is 17.2. The number of fused-ring (bicyclic) bond motifs is 2. The first-order valence-electron chi connectivity index (χ1n) is 37.5. The number of hydrogen-bond donors (Lipinski definition) is 4. The summed E-state index contributed by atoms with van der Waals surface area (Å²) in [5, 5.41) is 32.5. The summed E-state index contributed by atoms with van der Waals surface area (Å²) >= 11 is 2.45. The molecule has 6 heterocycles. The average molecular weight is 1600 g/mol. The smallest absolute Gasteiger partial charge is 0.416 e. The molecule has 0 aliphatic carbocycles. The minimum atomic E-state index is -4.53. The fourth-order valence-corrected chi connectivity index (χ4v) is 14.0. The highest BCUT2D eigenvalue weighted by Crippen LogP contribution is 2.34. The van der Waals surface area contributed by atoms with Gasteiger partial charge in [0.1, 0.15) is 4.98 Å². The van der Waals surface area contributed by atoms with E-state index in [-0.39, 0.29) is 17.1 Å². The number of alkyl halides is 6. The highest BCUT2D eigenvalue weighted by Gasteiger charge is 2.32. The molecule has 4 fully saturated rings. The number of nitrogens with two attached hydrogens (primary N) is 1. The van der Waals surface area contributed by atoms with Crippen LogP contribution in [0.25, 0.3) is 33.4 Å². The van der Waals surface area contributed by atoms with Crippen LogP contribution in [0.15, 0.2) is 212 Å². The first-order chi connectivity index (χ1) is 54.0. The van der Waals surface area contributed by atoms with Gasteiger partial charge in [-0.05, 0) is 248 Å². The van der Waals surface area contributed by atoms with E-state index in [1.807, 2.05) is 75.9 Å². The Morgan fingerprint density at radius 3 is 1.36 bits per heavy atom. The number of nitrogens with zero attached hydrogens (tertiary/aromatic N) is 10. The van der Waals surface area contributed by atoms with Crippen LogP contribution in [0.4, 0.5) is 59.7 Å². The lowest BCUT2D eigenvalue weighted by Gasteiger charge is -2.26. The second kappa shape index (κ2) is 40.9. The maximum absolute atomic E-state index is 13.1. The third kappa shape index (κ3) is 24.6. The number of nitro benzene ring substituents is 1. The molecule has 0 saturated carbocycles. The number of carboxylic acids is 1. The molecule has 112 heavy (non-hydrogen) atoms. The van der Waals surface area contributed by atoms with Crippen LogP contribution in [0, 0.1) is 33.1 Å². The van der Waals surface area contributed by atoms with Gasteiger partial charge >= 0.3 is 24.0 Å². The van der Waals surface area contributed by atoms with Crippen molar-refractivity contribution in [1.29, 1.82) is 5.26 Å². The van der Waals surface area contributed by atoms with E-state index >= 15 is 0 Å². The zero-order valence-electron chi connectivity index (χ0n) is 62.3. The van der Waals surface area contributed by atoms with E-state index in [2.05, 4.69) is 142 Å². The van der Waals surface area contributed by atoms with Gasteiger partial charge in [-0.15, -0.1) is 0 Å². The lowest BCUT2D eigenvalue weighted by Crippen LogP contribution is -2.29. The summed E-state index contributed by atoms with van der Waals surface area (Å²) in [4.78, 5) is 53.8. The van der Waals surface area contributed by atoms with Crippen LogP contribution in [0.5, 0.6) is 0 Å². The number of likely N-dealkylation sites (tertiary alicyclic amines) is 4. The summed E-state index contributed by atoms with van der Waals surface area (Å²) in [5.74, 6) is -1.99. The Kier molecular flexibility index (Phi) is 30.6. The number of benzene rings is 9. The van der Waals surface area contributed by atoms with Gasteiger partial charge < -0.3 is 16.2 Å². The molecule has 0 bridgehead atoms. The second-order valence-electron chi connectivity index (χ2n) is 27.9. The SMILES string of the molecule is Cc1cc(CN2CCCCC2)ccc1Nc1ccccc1.N#CBr.Nc1nc2cc(CN3CCCCC3)ccc2n1-c1ccccc1.O=C(Nc1nc2cc(CN3CCCCC3)ccc2n1-c1ccccc1)c1cccc(C(F)(F)F)c1.O=C(O)c1cccc(C(F)(F)F)c1.O=[N+]([O-])c1cc(CN2CCCCC2)ccc1F. The number of nitrogens with one attached hydrogen (secondary N) is 2. The van der Waals surface area contributed by atoms with Crippen molar-refractivity contribution < 1.29 is 50.4 Å². The van der Waals surface area contributed by atoms with Crippen LogP contribution in [-0.2, 0) is 38.5 Å². The summed E-state index contributed by atoms with van der Waals surface area (Å²) in [7, 11) is 0.